The van der Waals surface area contributed by atoms with Crippen molar-refractivity contribution in [2.45, 2.75) is 18.8 Å². The number of thiazole rings is 1. The molecule has 1 aliphatic heterocycles. The molecule has 0 atom stereocenters. The number of piperidine rings is 1. The quantitative estimate of drug-likeness (QED) is 0.774. The molecule has 0 unspecified atom stereocenters. The van der Waals surface area contributed by atoms with Gasteiger partial charge in [0.15, 0.2) is 0 Å². The monoisotopic (exact) mass is 226 g/mol. The van der Waals surface area contributed by atoms with Gasteiger partial charge in [-0.25, -0.2) is 9.78 Å². The van der Waals surface area contributed by atoms with Gasteiger partial charge in [0, 0.05) is 5.92 Å². The molecule has 82 valence electrons. The summed E-state index contributed by atoms with van der Waals surface area (Å²) in [4.78, 5) is 16.1. The van der Waals surface area contributed by atoms with E-state index in [1.54, 1.807) is 6.20 Å². The van der Waals surface area contributed by atoms with E-state index in [0.717, 1.165) is 30.9 Å². The van der Waals surface area contributed by atoms with Crippen LogP contribution in [0.5, 0.6) is 0 Å². The first-order valence-electron chi connectivity index (χ1n) is 5.06. The van der Waals surface area contributed by atoms with Crippen molar-refractivity contribution in [1.29, 1.82) is 0 Å². The first kappa shape index (κ1) is 10.6. The number of hydrogen-bond acceptors (Lipinski definition) is 5. The van der Waals surface area contributed by atoms with E-state index in [4.69, 9.17) is 0 Å². The van der Waals surface area contributed by atoms with Crippen LogP contribution >= 0.6 is 11.3 Å². The minimum Gasteiger partial charge on any atom is -0.465 e. The molecule has 1 aromatic rings. The summed E-state index contributed by atoms with van der Waals surface area (Å²) in [6, 6.07) is 0. The van der Waals surface area contributed by atoms with Crippen molar-refractivity contribution in [3.8, 4) is 0 Å². The van der Waals surface area contributed by atoms with Crippen LogP contribution in [0.4, 0.5) is 0 Å². The number of carbonyl (C=O) groups is 1. The van der Waals surface area contributed by atoms with Crippen molar-refractivity contribution < 1.29 is 9.53 Å². The molecule has 0 bridgehead atoms. The maximum absolute atomic E-state index is 11.2. The lowest BCUT2D eigenvalue weighted by molar-refractivity contribution is 0.0606. The smallest absolute Gasteiger partial charge is 0.349 e. The minimum atomic E-state index is -0.285. The third-order valence-corrected chi connectivity index (χ3v) is 3.74. The Labute approximate surface area is 92.7 Å². The van der Waals surface area contributed by atoms with Gasteiger partial charge in [-0.2, -0.15) is 0 Å². The Hall–Kier alpha value is -0.940. The second-order valence-corrected chi connectivity index (χ2v) is 4.64. The molecule has 4 nitrogen and oxygen atoms in total. The van der Waals surface area contributed by atoms with E-state index in [1.165, 1.54) is 18.4 Å². The number of nitrogens with zero attached hydrogens (tertiary/aromatic N) is 1. The normalized spacial score (nSPS) is 17.7. The molecule has 2 heterocycles. The molecule has 0 radical (unpaired) electrons. The van der Waals surface area contributed by atoms with Gasteiger partial charge < -0.3 is 10.1 Å². The first-order chi connectivity index (χ1) is 7.31. The Morgan fingerprint density at radius 1 is 1.60 bits per heavy atom. The Kier molecular flexibility index (Phi) is 3.33. The first-order valence-corrected chi connectivity index (χ1v) is 5.87. The second-order valence-electron chi connectivity index (χ2n) is 3.58. The molecule has 0 aromatic carbocycles. The lowest BCUT2D eigenvalue weighted by Gasteiger charge is -2.20. The second kappa shape index (κ2) is 4.72. The fraction of sp³-hybridized carbons (Fsp3) is 0.600. The van der Waals surface area contributed by atoms with E-state index in [-0.39, 0.29) is 5.97 Å². The molecule has 0 aliphatic carbocycles. The van der Waals surface area contributed by atoms with Crippen molar-refractivity contribution in [1.82, 2.24) is 10.3 Å². The molecule has 2 rings (SSSR count). The average Bonchev–Trinajstić information content (AvgIpc) is 2.78. The molecule has 1 saturated heterocycles. The largest absolute Gasteiger partial charge is 0.465 e. The zero-order valence-corrected chi connectivity index (χ0v) is 9.47. The zero-order valence-electron chi connectivity index (χ0n) is 8.66. The van der Waals surface area contributed by atoms with Crippen LogP contribution in [-0.2, 0) is 4.74 Å². The SMILES string of the molecule is COC(=O)c1cnc(C2CCNCC2)s1. The van der Waals surface area contributed by atoms with Gasteiger partial charge in [0.1, 0.15) is 4.88 Å². The van der Waals surface area contributed by atoms with Gasteiger partial charge in [0.25, 0.3) is 0 Å². The summed E-state index contributed by atoms with van der Waals surface area (Å²) in [5.41, 5.74) is 0. The number of esters is 1. The molecule has 0 saturated carbocycles. The summed E-state index contributed by atoms with van der Waals surface area (Å²) in [6.07, 6.45) is 3.83. The molecule has 0 amide bonds. The van der Waals surface area contributed by atoms with Crippen LogP contribution in [0, 0.1) is 0 Å². The zero-order chi connectivity index (χ0) is 10.7. The van der Waals surface area contributed by atoms with E-state index in [2.05, 4.69) is 15.0 Å². The lowest BCUT2D eigenvalue weighted by atomic mass is 9.99. The molecule has 5 heteroatoms. The highest BCUT2D eigenvalue weighted by Crippen LogP contribution is 2.28. The fourth-order valence-electron chi connectivity index (χ4n) is 1.74. The van der Waals surface area contributed by atoms with Gasteiger partial charge in [-0.1, -0.05) is 0 Å². The van der Waals surface area contributed by atoms with E-state index in [1.807, 2.05) is 0 Å². The van der Waals surface area contributed by atoms with Crippen molar-refractivity contribution >= 4 is 17.3 Å². The van der Waals surface area contributed by atoms with Crippen molar-refractivity contribution in [2.24, 2.45) is 0 Å². The molecule has 1 aliphatic rings. The van der Waals surface area contributed by atoms with Crippen LogP contribution < -0.4 is 5.32 Å². The predicted molar refractivity (Wildman–Crippen MR) is 58.3 cm³/mol. The number of carbonyl (C=O) groups excluding carboxylic acids is 1. The van der Waals surface area contributed by atoms with Gasteiger partial charge in [0.05, 0.1) is 18.3 Å². The molecular weight excluding hydrogens is 212 g/mol. The summed E-state index contributed by atoms with van der Waals surface area (Å²) in [5, 5.41) is 4.38. The molecule has 1 aromatic heterocycles. The van der Waals surface area contributed by atoms with Gasteiger partial charge in [-0.15, -0.1) is 11.3 Å². The predicted octanol–water partition coefficient (Wildman–Crippen LogP) is 1.40. The van der Waals surface area contributed by atoms with Gasteiger partial charge in [-0.3, -0.25) is 0 Å². The summed E-state index contributed by atoms with van der Waals surface area (Å²) in [5.74, 6) is 0.224. The minimum absolute atomic E-state index is 0.285. The van der Waals surface area contributed by atoms with Crippen molar-refractivity contribution in [2.75, 3.05) is 20.2 Å². The van der Waals surface area contributed by atoms with E-state index in [9.17, 15) is 4.79 Å². The number of rotatable bonds is 2. The highest BCUT2D eigenvalue weighted by molar-refractivity contribution is 7.13. The topological polar surface area (TPSA) is 51.2 Å². The summed E-state index contributed by atoms with van der Waals surface area (Å²) in [6.45, 7) is 2.08. The van der Waals surface area contributed by atoms with E-state index >= 15 is 0 Å². The van der Waals surface area contributed by atoms with Gasteiger partial charge in [-0.05, 0) is 25.9 Å². The summed E-state index contributed by atoms with van der Waals surface area (Å²) >= 11 is 1.46. The van der Waals surface area contributed by atoms with Crippen LogP contribution in [0.15, 0.2) is 6.20 Å². The lowest BCUT2D eigenvalue weighted by Crippen LogP contribution is -2.26. The molecular formula is C10H14N2O2S. The summed E-state index contributed by atoms with van der Waals surface area (Å²) in [7, 11) is 1.40. The third kappa shape index (κ3) is 2.35. The average molecular weight is 226 g/mol. The highest BCUT2D eigenvalue weighted by atomic mass is 32.1. The Balaban J connectivity index is 2.08. The third-order valence-electron chi connectivity index (χ3n) is 2.60. The van der Waals surface area contributed by atoms with Crippen LogP contribution in [0.25, 0.3) is 0 Å². The van der Waals surface area contributed by atoms with E-state index in [0.29, 0.717) is 10.8 Å². The molecule has 0 spiro atoms. The molecule has 1 fully saturated rings. The van der Waals surface area contributed by atoms with Crippen LogP contribution in [0.1, 0.15) is 33.4 Å². The highest BCUT2D eigenvalue weighted by Gasteiger charge is 2.20. The number of aromatic nitrogens is 1. The molecule has 15 heavy (non-hydrogen) atoms. The van der Waals surface area contributed by atoms with Gasteiger partial charge >= 0.3 is 5.97 Å². The Bertz CT molecular complexity index is 345. The number of nitrogens with one attached hydrogen (secondary N) is 1. The van der Waals surface area contributed by atoms with Gasteiger partial charge in [0.2, 0.25) is 0 Å². The standard InChI is InChI=1S/C10H14N2O2S/c1-14-10(13)8-6-12-9(15-8)7-2-4-11-5-3-7/h6-7,11H,2-5H2,1H3. The Morgan fingerprint density at radius 2 is 2.33 bits per heavy atom. The molecule has 1 N–H and O–H groups in total. The fourth-order valence-corrected chi connectivity index (χ4v) is 2.75. The van der Waals surface area contributed by atoms with Crippen molar-refractivity contribution in [3.63, 3.8) is 0 Å². The maximum Gasteiger partial charge on any atom is 0.349 e. The van der Waals surface area contributed by atoms with Crippen LogP contribution in [0.3, 0.4) is 0 Å². The van der Waals surface area contributed by atoms with Crippen LogP contribution in [-0.4, -0.2) is 31.2 Å². The number of hydrogen-bond donors (Lipinski definition) is 1. The Morgan fingerprint density at radius 3 is 3.00 bits per heavy atom. The van der Waals surface area contributed by atoms with E-state index < -0.39 is 0 Å². The number of ether oxygens (including phenoxy) is 1. The number of methoxy groups -OCH3 is 1. The van der Waals surface area contributed by atoms with Crippen molar-refractivity contribution in [3.05, 3.63) is 16.1 Å². The van der Waals surface area contributed by atoms with Crippen LogP contribution in [0.2, 0.25) is 0 Å². The maximum atomic E-state index is 11.2. The summed E-state index contributed by atoms with van der Waals surface area (Å²) < 4.78 is 4.66.